The second-order valence-corrected chi connectivity index (χ2v) is 7.36. The molecule has 1 aromatic heterocycles. The molecule has 148 valence electrons. The Morgan fingerprint density at radius 1 is 1.32 bits per heavy atom. The highest BCUT2D eigenvalue weighted by atomic mass is 79.9. The van der Waals surface area contributed by atoms with Crippen LogP contribution < -0.4 is 4.90 Å². The van der Waals surface area contributed by atoms with Crippen LogP contribution in [-0.2, 0) is 16.0 Å². The van der Waals surface area contributed by atoms with Crippen LogP contribution in [0.2, 0.25) is 0 Å². The van der Waals surface area contributed by atoms with Gasteiger partial charge >= 0.3 is 5.97 Å². The molecule has 0 bridgehead atoms. The number of nitrogens with zero attached hydrogens (tertiary/aromatic N) is 1. The number of fused-ring (bicyclic) bond motifs is 1. The molecule has 3 rings (SSSR count). The summed E-state index contributed by atoms with van der Waals surface area (Å²) in [7, 11) is 1.78. The summed E-state index contributed by atoms with van der Waals surface area (Å²) in [5.74, 6) is -0.382. The third kappa shape index (κ3) is 4.31. The number of furan rings is 1. The van der Waals surface area contributed by atoms with Crippen LogP contribution >= 0.6 is 15.9 Å². The van der Waals surface area contributed by atoms with E-state index in [-0.39, 0.29) is 18.7 Å². The van der Waals surface area contributed by atoms with Crippen molar-refractivity contribution in [3.05, 3.63) is 58.3 Å². The Labute approximate surface area is 171 Å². The summed E-state index contributed by atoms with van der Waals surface area (Å²) in [6.07, 6.45) is 0.812. The first kappa shape index (κ1) is 20.2. The highest BCUT2D eigenvalue weighted by Crippen LogP contribution is 2.33. The predicted molar refractivity (Wildman–Crippen MR) is 111 cm³/mol. The van der Waals surface area contributed by atoms with Crippen LogP contribution in [0.15, 0.2) is 51.6 Å². The van der Waals surface area contributed by atoms with E-state index in [4.69, 9.17) is 9.15 Å². The van der Waals surface area contributed by atoms with Gasteiger partial charge in [-0.3, -0.25) is 4.79 Å². The molecule has 2 aromatic carbocycles. The lowest BCUT2D eigenvalue weighted by molar-refractivity contribution is -0.142. The Balaban J connectivity index is 1.78. The van der Waals surface area contributed by atoms with Crippen LogP contribution in [0.4, 0.5) is 5.69 Å². The summed E-state index contributed by atoms with van der Waals surface area (Å²) < 4.78 is 11.1. The lowest BCUT2D eigenvalue weighted by atomic mass is 10.1. The number of benzene rings is 2. The van der Waals surface area contributed by atoms with Crippen molar-refractivity contribution in [2.75, 3.05) is 25.1 Å². The van der Waals surface area contributed by atoms with Crippen molar-refractivity contribution in [1.29, 1.82) is 0 Å². The number of carbonyl (C=O) groups is 1. The smallest absolute Gasteiger partial charge is 0.310 e. The summed E-state index contributed by atoms with van der Waals surface area (Å²) in [6.45, 7) is 2.29. The standard InChI is InChI=1S/C21H22BrNO5/c1-3-27-19(25)11-13-5-4-6-17(20(13)26)23(2)12-18(24)15-9-14-7-8-28-21(14)16(22)10-15/h4-10,18,24,26H,3,11-12H2,1-2H3. The Hall–Kier alpha value is -2.51. The van der Waals surface area contributed by atoms with E-state index in [9.17, 15) is 15.0 Å². The van der Waals surface area contributed by atoms with Gasteiger partial charge in [-0.25, -0.2) is 0 Å². The molecule has 6 nitrogen and oxygen atoms in total. The number of carbonyl (C=O) groups excluding carboxylic acids is 1. The molecule has 1 unspecified atom stereocenters. The third-order valence-electron chi connectivity index (χ3n) is 4.51. The fourth-order valence-corrected chi connectivity index (χ4v) is 3.70. The maximum Gasteiger partial charge on any atom is 0.310 e. The molecule has 7 heteroatoms. The Morgan fingerprint density at radius 2 is 2.11 bits per heavy atom. The van der Waals surface area contributed by atoms with E-state index in [2.05, 4.69) is 15.9 Å². The number of aliphatic hydroxyl groups excluding tert-OH is 1. The van der Waals surface area contributed by atoms with Gasteiger partial charge in [0.05, 0.1) is 35.6 Å². The number of hydrogen-bond acceptors (Lipinski definition) is 6. The van der Waals surface area contributed by atoms with Crippen molar-refractivity contribution in [2.45, 2.75) is 19.4 Å². The van der Waals surface area contributed by atoms with Gasteiger partial charge in [0.15, 0.2) is 0 Å². The van der Waals surface area contributed by atoms with Crippen molar-refractivity contribution in [2.24, 2.45) is 0 Å². The quantitative estimate of drug-likeness (QED) is 0.528. The lowest BCUT2D eigenvalue weighted by Gasteiger charge is -2.24. The fourth-order valence-electron chi connectivity index (χ4n) is 3.11. The van der Waals surface area contributed by atoms with Gasteiger partial charge in [-0.15, -0.1) is 0 Å². The maximum absolute atomic E-state index is 11.7. The molecule has 3 aromatic rings. The van der Waals surface area contributed by atoms with E-state index in [1.54, 1.807) is 43.3 Å². The minimum Gasteiger partial charge on any atom is -0.505 e. The summed E-state index contributed by atoms with van der Waals surface area (Å²) in [4.78, 5) is 13.5. The van der Waals surface area contributed by atoms with Crippen molar-refractivity contribution in [1.82, 2.24) is 0 Å². The Bertz CT molecular complexity index is 984. The SMILES string of the molecule is CCOC(=O)Cc1cccc(N(C)CC(O)c2cc(Br)c3occc3c2)c1O. The molecule has 0 aliphatic carbocycles. The fraction of sp³-hybridized carbons (Fsp3) is 0.286. The maximum atomic E-state index is 11.7. The van der Waals surface area contributed by atoms with Crippen LogP contribution in [0.5, 0.6) is 5.75 Å². The normalized spacial score (nSPS) is 12.1. The van der Waals surface area contributed by atoms with E-state index in [0.29, 0.717) is 17.9 Å². The van der Waals surface area contributed by atoms with Gasteiger partial charge in [0.2, 0.25) is 0 Å². The van der Waals surface area contributed by atoms with E-state index >= 15 is 0 Å². The highest BCUT2D eigenvalue weighted by Gasteiger charge is 2.18. The van der Waals surface area contributed by atoms with Gasteiger partial charge in [-0.1, -0.05) is 12.1 Å². The number of para-hydroxylation sites is 1. The third-order valence-corrected chi connectivity index (χ3v) is 5.10. The first-order valence-electron chi connectivity index (χ1n) is 8.93. The zero-order chi connectivity index (χ0) is 20.3. The number of phenols is 1. The predicted octanol–water partition coefficient (Wildman–Crippen LogP) is 4.18. The van der Waals surface area contributed by atoms with E-state index in [1.807, 2.05) is 18.2 Å². The van der Waals surface area contributed by atoms with Crippen LogP contribution in [0.25, 0.3) is 11.0 Å². The second-order valence-electron chi connectivity index (χ2n) is 6.50. The topological polar surface area (TPSA) is 83.1 Å². The molecule has 1 heterocycles. The van der Waals surface area contributed by atoms with Crippen molar-refractivity contribution >= 4 is 38.6 Å². The second kappa shape index (κ2) is 8.67. The summed E-state index contributed by atoms with van der Waals surface area (Å²) in [6, 6.07) is 10.7. The van der Waals surface area contributed by atoms with Crippen LogP contribution in [-0.4, -0.2) is 36.4 Å². The minimum absolute atomic E-state index is 0.00594. The summed E-state index contributed by atoms with van der Waals surface area (Å²) >= 11 is 3.46. The zero-order valence-corrected chi connectivity index (χ0v) is 17.3. The first-order valence-corrected chi connectivity index (χ1v) is 9.72. The molecule has 0 saturated heterocycles. The van der Waals surface area contributed by atoms with Crippen LogP contribution in [0.3, 0.4) is 0 Å². The minimum atomic E-state index is -0.784. The van der Waals surface area contributed by atoms with Crippen LogP contribution in [0.1, 0.15) is 24.2 Å². The molecule has 0 saturated carbocycles. The largest absolute Gasteiger partial charge is 0.505 e. The molecular weight excluding hydrogens is 426 g/mol. The van der Waals surface area contributed by atoms with E-state index < -0.39 is 12.1 Å². The number of anilines is 1. The number of rotatable bonds is 7. The molecule has 0 spiro atoms. The van der Waals surface area contributed by atoms with Crippen LogP contribution in [0, 0.1) is 0 Å². The Kier molecular flexibility index (Phi) is 6.26. The van der Waals surface area contributed by atoms with Gasteiger partial charge < -0.3 is 24.3 Å². The molecule has 0 amide bonds. The zero-order valence-electron chi connectivity index (χ0n) is 15.7. The number of phenolic OH excluding ortho intramolecular Hbond substituents is 1. The first-order chi connectivity index (χ1) is 13.4. The monoisotopic (exact) mass is 447 g/mol. The number of hydrogen-bond donors (Lipinski definition) is 2. The van der Waals surface area contributed by atoms with Gasteiger partial charge in [0.25, 0.3) is 0 Å². The number of likely N-dealkylation sites (N-methyl/N-ethyl adjacent to an activating group) is 1. The number of halogens is 1. The number of aliphatic hydroxyl groups is 1. The number of ether oxygens (including phenoxy) is 1. The molecule has 0 aliphatic heterocycles. The molecule has 2 N–H and O–H groups in total. The average Bonchev–Trinajstić information content (AvgIpc) is 3.12. The average molecular weight is 448 g/mol. The van der Waals surface area contributed by atoms with E-state index in [1.165, 1.54) is 0 Å². The molecule has 0 aliphatic rings. The molecule has 0 fully saturated rings. The van der Waals surface area contributed by atoms with E-state index in [0.717, 1.165) is 21.0 Å². The van der Waals surface area contributed by atoms with Crippen molar-refractivity contribution < 1.29 is 24.2 Å². The van der Waals surface area contributed by atoms with Gasteiger partial charge in [0.1, 0.15) is 11.3 Å². The summed E-state index contributed by atoms with van der Waals surface area (Å²) in [5.41, 5.74) is 2.48. The molecular formula is C21H22BrNO5. The highest BCUT2D eigenvalue weighted by molar-refractivity contribution is 9.10. The molecule has 28 heavy (non-hydrogen) atoms. The van der Waals surface area contributed by atoms with Gasteiger partial charge in [-0.05, 0) is 52.7 Å². The van der Waals surface area contributed by atoms with Crippen molar-refractivity contribution in [3.8, 4) is 5.75 Å². The van der Waals surface area contributed by atoms with Gasteiger partial charge in [0, 0.05) is 24.5 Å². The lowest BCUT2D eigenvalue weighted by Crippen LogP contribution is -2.24. The van der Waals surface area contributed by atoms with Crippen molar-refractivity contribution in [3.63, 3.8) is 0 Å². The summed E-state index contributed by atoms with van der Waals surface area (Å²) in [5, 5.41) is 22.2. The van der Waals surface area contributed by atoms with Gasteiger partial charge in [-0.2, -0.15) is 0 Å². The molecule has 1 atom stereocenters. The Morgan fingerprint density at radius 3 is 2.86 bits per heavy atom. The molecule has 0 radical (unpaired) electrons. The number of aromatic hydroxyl groups is 1. The number of esters is 1.